The number of hydrogen-bond acceptors (Lipinski definition) is 3. The van der Waals surface area contributed by atoms with E-state index < -0.39 is 5.97 Å². The second-order valence-corrected chi connectivity index (χ2v) is 7.34. The molecular formula is C16H23NO3S. The van der Waals surface area contributed by atoms with Crippen LogP contribution in [0.1, 0.15) is 38.8 Å². The summed E-state index contributed by atoms with van der Waals surface area (Å²) in [5.41, 5.74) is 2.57. The normalized spacial score (nSPS) is 12.8. The van der Waals surface area contributed by atoms with Crippen molar-refractivity contribution in [3.05, 3.63) is 35.4 Å². The molecule has 0 heterocycles. The van der Waals surface area contributed by atoms with Crippen molar-refractivity contribution in [1.29, 1.82) is 0 Å². The van der Waals surface area contributed by atoms with Gasteiger partial charge in [0.1, 0.15) is 6.54 Å². The van der Waals surface area contributed by atoms with Gasteiger partial charge in [-0.05, 0) is 23.5 Å². The monoisotopic (exact) mass is 309 g/mol. The van der Waals surface area contributed by atoms with Crippen LogP contribution in [0.4, 0.5) is 0 Å². The summed E-state index contributed by atoms with van der Waals surface area (Å²) in [5, 5.41) is 10.6. The molecule has 1 atom stereocenters. The second-order valence-electron chi connectivity index (χ2n) is 6.01. The van der Waals surface area contributed by atoms with Gasteiger partial charge in [0.15, 0.2) is 0 Å². The lowest BCUT2D eigenvalue weighted by Crippen LogP contribution is -2.34. The molecule has 0 aromatic heterocycles. The van der Waals surface area contributed by atoms with Crippen LogP contribution in [0.15, 0.2) is 24.3 Å². The third kappa shape index (κ3) is 6.21. The summed E-state index contributed by atoms with van der Waals surface area (Å²) in [5.74, 6) is -0.543. The molecule has 0 aliphatic carbocycles. The van der Waals surface area contributed by atoms with Gasteiger partial charge in [-0.15, -0.1) is 11.8 Å². The van der Waals surface area contributed by atoms with Gasteiger partial charge in [0.25, 0.3) is 0 Å². The molecule has 1 aromatic rings. The number of aliphatic carboxylic acids is 1. The van der Waals surface area contributed by atoms with E-state index in [2.05, 4.69) is 50.4 Å². The van der Waals surface area contributed by atoms with E-state index in [-0.39, 0.29) is 23.1 Å². The summed E-state index contributed by atoms with van der Waals surface area (Å²) in [7, 11) is 0. The van der Waals surface area contributed by atoms with E-state index in [1.165, 1.54) is 17.3 Å². The summed E-state index contributed by atoms with van der Waals surface area (Å²) in [6.07, 6.45) is 0. The van der Waals surface area contributed by atoms with E-state index in [4.69, 9.17) is 5.11 Å². The van der Waals surface area contributed by atoms with Crippen LogP contribution in [0.2, 0.25) is 0 Å². The van der Waals surface area contributed by atoms with Crippen LogP contribution in [-0.2, 0) is 20.8 Å². The zero-order chi connectivity index (χ0) is 16.0. The molecule has 0 radical (unpaired) electrons. The van der Waals surface area contributed by atoms with Gasteiger partial charge >= 0.3 is 5.97 Å². The lowest BCUT2D eigenvalue weighted by atomic mass is 9.87. The van der Waals surface area contributed by atoms with Crippen molar-refractivity contribution in [2.24, 2.45) is 0 Å². The molecule has 1 amide bonds. The Labute approximate surface area is 130 Å². The summed E-state index contributed by atoms with van der Waals surface area (Å²) < 4.78 is 0. The van der Waals surface area contributed by atoms with Crippen LogP contribution in [-0.4, -0.2) is 28.8 Å². The van der Waals surface area contributed by atoms with Crippen LogP contribution in [0.3, 0.4) is 0 Å². The molecule has 0 fully saturated rings. The summed E-state index contributed by atoms with van der Waals surface area (Å²) >= 11 is 1.50. The van der Waals surface area contributed by atoms with E-state index in [1.54, 1.807) is 6.92 Å². The zero-order valence-electron chi connectivity index (χ0n) is 13.0. The van der Waals surface area contributed by atoms with Crippen LogP contribution in [0.5, 0.6) is 0 Å². The largest absolute Gasteiger partial charge is 0.480 e. The molecule has 1 unspecified atom stereocenters. The Bertz CT molecular complexity index is 491. The van der Waals surface area contributed by atoms with Gasteiger partial charge in [0, 0.05) is 5.75 Å². The Hall–Kier alpha value is -1.49. The maximum Gasteiger partial charge on any atom is 0.322 e. The molecule has 1 aromatic carbocycles. The van der Waals surface area contributed by atoms with Gasteiger partial charge in [-0.1, -0.05) is 45.0 Å². The quantitative estimate of drug-likeness (QED) is 0.848. The third-order valence-corrected chi connectivity index (χ3v) is 4.32. The van der Waals surface area contributed by atoms with Crippen LogP contribution in [0, 0.1) is 0 Å². The van der Waals surface area contributed by atoms with Crippen molar-refractivity contribution in [2.75, 3.05) is 6.54 Å². The molecule has 21 heavy (non-hydrogen) atoms. The fraction of sp³-hybridized carbons (Fsp3) is 0.500. The van der Waals surface area contributed by atoms with Gasteiger partial charge in [-0.2, -0.15) is 0 Å². The highest BCUT2D eigenvalue weighted by atomic mass is 32.2. The average molecular weight is 309 g/mol. The van der Waals surface area contributed by atoms with Crippen molar-refractivity contribution >= 4 is 23.6 Å². The second kappa shape index (κ2) is 7.50. The molecule has 4 nitrogen and oxygen atoms in total. The maximum atomic E-state index is 11.7. The Morgan fingerprint density at radius 2 is 1.81 bits per heavy atom. The summed E-state index contributed by atoms with van der Waals surface area (Å²) in [6.45, 7) is 7.97. The van der Waals surface area contributed by atoms with Crippen molar-refractivity contribution < 1.29 is 14.7 Å². The van der Waals surface area contributed by atoms with Crippen molar-refractivity contribution in [3.8, 4) is 0 Å². The standard InChI is InChI=1S/C16H23NO3S/c1-11(15(20)17-9-14(18)19)21-10-12-5-7-13(8-6-12)16(2,3)4/h5-8,11H,9-10H2,1-4H3,(H,17,20)(H,18,19). The first kappa shape index (κ1) is 17.6. The van der Waals surface area contributed by atoms with E-state index >= 15 is 0 Å². The summed E-state index contributed by atoms with van der Waals surface area (Å²) in [6, 6.07) is 8.39. The molecule has 116 valence electrons. The smallest absolute Gasteiger partial charge is 0.322 e. The third-order valence-electron chi connectivity index (χ3n) is 3.10. The minimum absolute atomic E-state index is 0.135. The van der Waals surface area contributed by atoms with Gasteiger partial charge in [-0.3, -0.25) is 9.59 Å². The SMILES string of the molecule is CC(SCc1ccc(C(C)(C)C)cc1)C(=O)NCC(=O)O. The molecule has 5 heteroatoms. The fourth-order valence-electron chi connectivity index (χ4n) is 1.70. The molecule has 0 saturated carbocycles. The first-order valence-electron chi connectivity index (χ1n) is 6.90. The fourth-order valence-corrected chi connectivity index (χ4v) is 2.57. The number of nitrogens with one attached hydrogen (secondary N) is 1. The van der Waals surface area contributed by atoms with Crippen LogP contribution >= 0.6 is 11.8 Å². The predicted octanol–water partition coefficient (Wildman–Crippen LogP) is 2.81. The average Bonchev–Trinajstić information content (AvgIpc) is 2.41. The van der Waals surface area contributed by atoms with E-state index in [1.807, 2.05) is 0 Å². The Morgan fingerprint density at radius 1 is 1.24 bits per heavy atom. The highest BCUT2D eigenvalue weighted by molar-refractivity contribution is 7.99. The number of carboxylic acid groups (broad SMARTS) is 1. The molecular weight excluding hydrogens is 286 g/mol. The predicted molar refractivity (Wildman–Crippen MR) is 86.5 cm³/mol. The van der Waals surface area contributed by atoms with E-state index in [0.717, 1.165) is 11.3 Å². The lowest BCUT2D eigenvalue weighted by Gasteiger charge is -2.19. The topological polar surface area (TPSA) is 66.4 Å². The maximum absolute atomic E-state index is 11.7. The Balaban J connectivity index is 2.48. The number of carbonyl (C=O) groups excluding carboxylic acids is 1. The zero-order valence-corrected chi connectivity index (χ0v) is 13.8. The molecule has 0 aliphatic heterocycles. The molecule has 0 spiro atoms. The van der Waals surface area contributed by atoms with Crippen molar-refractivity contribution in [1.82, 2.24) is 5.32 Å². The number of carbonyl (C=O) groups is 2. The van der Waals surface area contributed by atoms with Gasteiger partial charge in [-0.25, -0.2) is 0 Å². The van der Waals surface area contributed by atoms with E-state index in [9.17, 15) is 9.59 Å². The molecule has 0 bridgehead atoms. The van der Waals surface area contributed by atoms with Crippen LogP contribution in [0.25, 0.3) is 0 Å². The minimum atomic E-state index is -1.03. The Kier molecular flexibility index (Phi) is 6.27. The van der Waals surface area contributed by atoms with Gasteiger partial charge < -0.3 is 10.4 Å². The number of benzene rings is 1. The first-order valence-corrected chi connectivity index (χ1v) is 7.95. The molecule has 2 N–H and O–H groups in total. The lowest BCUT2D eigenvalue weighted by molar-refractivity contribution is -0.137. The molecule has 0 saturated heterocycles. The number of carboxylic acids is 1. The highest BCUT2D eigenvalue weighted by Gasteiger charge is 2.15. The highest BCUT2D eigenvalue weighted by Crippen LogP contribution is 2.24. The van der Waals surface area contributed by atoms with Gasteiger partial charge in [0.2, 0.25) is 5.91 Å². The van der Waals surface area contributed by atoms with Crippen molar-refractivity contribution in [3.63, 3.8) is 0 Å². The molecule has 1 rings (SSSR count). The van der Waals surface area contributed by atoms with Gasteiger partial charge in [0.05, 0.1) is 5.25 Å². The van der Waals surface area contributed by atoms with Crippen LogP contribution < -0.4 is 5.32 Å². The first-order chi connectivity index (χ1) is 9.70. The van der Waals surface area contributed by atoms with Crippen molar-refractivity contribution in [2.45, 2.75) is 44.1 Å². The minimum Gasteiger partial charge on any atom is -0.480 e. The summed E-state index contributed by atoms with van der Waals surface area (Å²) in [4.78, 5) is 22.1. The molecule has 0 aliphatic rings. The number of thioether (sulfide) groups is 1. The number of rotatable bonds is 6. The van der Waals surface area contributed by atoms with E-state index in [0.29, 0.717) is 0 Å². The Morgan fingerprint density at radius 3 is 2.29 bits per heavy atom. The number of hydrogen-bond donors (Lipinski definition) is 2. The number of amides is 1.